The van der Waals surface area contributed by atoms with Crippen LogP contribution in [0.5, 0.6) is 0 Å². The van der Waals surface area contributed by atoms with Gasteiger partial charge in [-0.15, -0.1) is 23.7 Å². The molecule has 0 fully saturated rings. The highest BCUT2D eigenvalue weighted by atomic mass is 35.5. The van der Waals surface area contributed by atoms with E-state index in [-0.39, 0.29) is 24.5 Å². The topological polar surface area (TPSA) is 64.1 Å². The van der Waals surface area contributed by atoms with E-state index < -0.39 is 0 Å². The fourth-order valence-corrected chi connectivity index (χ4v) is 3.43. The van der Waals surface area contributed by atoms with Crippen LogP contribution in [0.25, 0.3) is 10.2 Å². The van der Waals surface area contributed by atoms with E-state index in [9.17, 15) is 4.79 Å². The van der Waals surface area contributed by atoms with Gasteiger partial charge in [-0.05, 0) is 45.4 Å². The Bertz CT molecular complexity index is 891. The first-order valence-corrected chi connectivity index (χ1v) is 8.56. The third-order valence-electron chi connectivity index (χ3n) is 3.57. The van der Waals surface area contributed by atoms with Gasteiger partial charge < -0.3 is 10.1 Å². The van der Waals surface area contributed by atoms with Gasteiger partial charge in [-0.25, -0.2) is 14.8 Å². The molecule has 0 bridgehead atoms. The number of aryl methyl sites for hydroxylation is 2. The first-order valence-electron chi connectivity index (χ1n) is 7.74. The summed E-state index contributed by atoms with van der Waals surface area (Å²) in [6.07, 6.45) is 1.35. The molecule has 3 aromatic rings. The number of carbonyl (C=O) groups is 1. The van der Waals surface area contributed by atoms with Gasteiger partial charge in [0.05, 0.1) is 11.5 Å². The lowest BCUT2D eigenvalue weighted by atomic mass is 10.2. The van der Waals surface area contributed by atoms with E-state index in [0.717, 1.165) is 21.5 Å². The van der Waals surface area contributed by atoms with E-state index in [1.165, 1.54) is 23.2 Å². The fraction of sp³-hybridized carbons (Fsp3) is 0.278. The smallest absolute Gasteiger partial charge is 0.348 e. The number of benzene rings is 1. The average molecular weight is 378 g/mol. The zero-order chi connectivity index (χ0) is 17.3. The number of hydrogen-bond donors (Lipinski definition) is 1. The first kappa shape index (κ1) is 19.1. The minimum absolute atomic E-state index is 0. The molecule has 1 aromatic carbocycles. The molecule has 1 N–H and O–H groups in total. The number of ether oxygens (including phenoxy) is 1. The van der Waals surface area contributed by atoms with Gasteiger partial charge >= 0.3 is 5.97 Å². The summed E-state index contributed by atoms with van der Waals surface area (Å²) in [4.78, 5) is 22.3. The second-order valence-electron chi connectivity index (χ2n) is 5.90. The number of nitrogens with zero attached hydrogens (tertiary/aromatic N) is 2. The van der Waals surface area contributed by atoms with Crippen molar-refractivity contribution in [3.8, 4) is 0 Å². The summed E-state index contributed by atoms with van der Waals surface area (Å²) >= 11 is 1.34. The summed E-state index contributed by atoms with van der Waals surface area (Å²) in [5.41, 5.74) is 2.98. The Morgan fingerprint density at radius 2 is 1.84 bits per heavy atom. The van der Waals surface area contributed by atoms with Crippen LogP contribution in [-0.2, 0) is 4.74 Å². The molecule has 0 spiro atoms. The Kier molecular flexibility index (Phi) is 5.98. The monoisotopic (exact) mass is 377 g/mol. The Hall–Kier alpha value is -2.18. The molecule has 0 atom stereocenters. The number of thiophene rings is 1. The maximum absolute atomic E-state index is 12.3. The van der Waals surface area contributed by atoms with Gasteiger partial charge in [0.1, 0.15) is 21.9 Å². The molecule has 2 aromatic heterocycles. The summed E-state index contributed by atoms with van der Waals surface area (Å²) in [7, 11) is 0. The lowest BCUT2D eigenvalue weighted by Crippen LogP contribution is -2.11. The van der Waals surface area contributed by atoms with Crippen LogP contribution in [0.1, 0.15) is 34.6 Å². The summed E-state index contributed by atoms with van der Waals surface area (Å²) in [5.74, 6) is 0.382. The zero-order valence-electron chi connectivity index (χ0n) is 14.5. The second kappa shape index (κ2) is 7.80. The van der Waals surface area contributed by atoms with Crippen molar-refractivity contribution < 1.29 is 9.53 Å². The molecule has 0 radical (unpaired) electrons. The van der Waals surface area contributed by atoms with Crippen molar-refractivity contribution in [2.24, 2.45) is 0 Å². The van der Waals surface area contributed by atoms with Crippen molar-refractivity contribution in [3.63, 3.8) is 0 Å². The number of fused-ring (bicyclic) bond motifs is 1. The Morgan fingerprint density at radius 1 is 1.16 bits per heavy atom. The van der Waals surface area contributed by atoms with Gasteiger partial charge in [-0.2, -0.15) is 0 Å². The van der Waals surface area contributed by atoms with Crippen LogP contribution in [0.3, 0.4) is 0 Å². The molecule has 25 heavy (non-hydrogen) atoms. The van der Waals surface area contributed by atoms with E-state index in [2.05, 4.69) is 15.3 Å². The third-order valence-corrected chi connectivity index (χ3v) is 4.75. The van der Waals surface area contributed by atoms with Crippen molar-refractivity contribution in [1.82, 2.24) is 9.97 Å². The Morgan fingerprint density at radius 3 is 2.48 bits per heavy atom. The third kappa shape index (κ3) is 4.08. The van der Waals surface area contributed by atoms with Gasteiger partial charge in [-0.1, -0.05) is 17.7 Å². The number of nitrogens with one attached hydrogen (secondary N) is 1. The molecule has 7 heteroatoms. The standard InChI is InChI=1S/C18H19N3O2S.ClH/c1-10(2)23-18(22)15-12(4)14-16(19-9-20-17(14)24-15)21-13-7-5-11(3)6-8-13;/h5-10H,1-4H3,(H,19,20,21);1H. The number of rotatable bonds is 4. The number of carbonyl (C=O) groups excluding carboxylic acids is 1. The van der Waals surface area contributed by atoms with Crippen molar-refractivity contribution in [3.05, 3.63) is 46.6 Å². The highest BCUT2D eigenvalue weighted by Crippen LogP contribution is 2.34. The summed E-state index contributed by atoms with van der Waals surface area (Å²) in [5, 5.41) is 4.17. The highest BCUT2D eigenvalue weighted by molar-refractivity contribution is 7.20. The normalized spacial score (nSPS) is 10.6. The van der Waals surface area contributed by atoms with Crippen LogP contribution in [0, 0.1) is 13.8 Å². The molecule has 0 unspecified atom stereocenters. The number of halogens is 1. The minimum atomic E-state index is -0.313. The molecule has 3 rings (SSSR count). The lowest BCUT2D eigenvalue weighted by Gasteiger charge is -2.08. The van der Waals surface area contributed by atoms with Crippen LogP contribution in [-0.4, -0.2) is 22.0 Å². The molecule has 0 aliphatic heterocycles. The van der Waals surface area contributed by atoms with Gasteiger partial charge in [0, 0.05) is 5.69 Å². The summed E-state index contributed by atoms with van der Waals surface area (Å²) in [6, 6.07) is 8.07. The average Bonchev–Trinajstić information content (AvgIpc) is 2.87. The zero-order valence-corrected chi connectivity index (χ0v) is 16.1. The highest BCUT2D eigenvalue weighted by Gasteiger charge is 2.21. The SMILES string of the molecule is Cc1ccc(Nc2ncnc3sc(C(=O)OC(C)C)c(C)c23)cc1.Cl. The minimum Gasteiger partial charge on any atom is -0.459 e. The number of aromatic nitrogens is 2. The maximum atomic E-state index is 12.3. The molecule has 0 aliphatic rings. The predicted molar refractivity (Wildman–Crippen MR) is 104 cm³/mol. The quantitative estimate of drug-likeness (QED) is 0.645. The Balaban J connectivity index is 0.00000225. The fourth-order valence-electron chi connectivity index (χ4n) is 2.40. The van der Waals surface area contributed by atoms with E-state index in [4.69, 9.17) is 4.74 Å². The number of anilines is 2. The van der Waals surface area contributed by atoms with Crippen LogP contribution in [0.2, 0.25) is 0 Å². The molecular weight excluding hydrogens is 358 g/mol. The van der Waals surface area contributed by atoms with Crippen LogP contribution < -0.4 is 5.32 Å². The van der Waals surface area contributed by atoms with E-state index in [0.29, 0.717) is 10.7 Å². The van der Waals surface area contributed by atoms with Crippen molar-refractivity contribution >= 4 is 51.4 Å². The lowest BCUT2D eigenvalue weighted by molar-refractivity contribution is 0.0383. The molecule has 5 nitrogen and oxygen atoms in total. The molecule has 0 saturated carbocycles. The number of esters is 1. The second-order valence-corrected chi connectivity index (χ2v) is 6.90. The van der Waals surface area contributed by atoms with Crippen molar-refractivity contribution in [2.75, 3.05) is 5.32 Å². The van der Waals surface area contributed by atoms with Crippen LogP contribution >= 0.6 is 23.7 Å². The molecule has 0 saturated heterocycles. The predicted octanol–water partition coefficient (Wildman–Crippen LogP) is 5.04. The van der Waals surface area contributed by atoms with Crippen LogP contribution in [0.15, 0.2) is 30.6 Å². The van der Waals surface area contributed by atoms with Crippen molar-refractivity contribution in [1.29, 1.82) is 0 Å². The van der Waals surface area contributed by atoms with Gasteiger partial charge in [0.2, 0.25) is 0 Å². The largest absolute Gasteiger partial charge is 0.459 e. The van der Waals surface area contributed by atoms with E-state index in [1.54, 1.807) is 0 Å². The molecule has 2 heterocycles. The van der Waals surface area contributed by atoms with E-state index >= 15 is 0 Å². The van der Waals surface area contributed by atoms with Gasteiger partial charge in [0.15, 0.2) is 0 Å². The summed E-state index contributed by atoms with van der Waals surface area (Å²) in [6.45, 7) is 7.62. The molecule has 132 valence electrons. The van der Waals surface area contributed by atoms with Crippen molar-refractivity contribution in [2.45, 2.75) is 33.8 Å². The summed E-state index contributed by atoms with van der Waals surface area (Å²) < 4.78 is 5.32. The maximum Gasteiger partial charge on any atom is 0.348 e. The molecular formula is C18H20ClN3O2S. The van der Waals surface area contributed by atoms with Crippen LogP contribution in [0.4, 0.5) is 11.5 Å². The first-order chi connectivity index (χ1) is 11.5. The molecule has 0 amide bonds. The number of hydrogen-bond acceptors (Lipinski definition) is 6. The van der Waals surface area contributed by atoms with Gasteiger partial charge in [0.25, 0.3) is 0 Å². The van der Waals surface area contributed by atoms with E-state index in [1.807, 2.05) is 52.0 Å². The Labute approximate surface area is 156 Å². The van der Waals surface area contributed by atoms with Gasteiger partial charge in [-0.3, -0.25) is 0 Å². The molecule has 0 aliphatic carbocycles.